The number of para-hydroxylation sites is 1. The number of aromatic nitrogens is 1. The topological polar surface area (TPSA) is 62.0 Å². The summed E-state index contributed by atoms with van der Waals surface area (Å²) >= 11 is 6.32. The SMILES string of the molecule is O=S1(=O)CCCC1CNCc1[nH]c2ccccc2c1Cl. The lowest BCUT2D eigenvalue weighted by atomic mass is 10.2. The highest BCUT2D eigenvalue weighted by Crippen LogP contribution is 2.27. The van der Waals surface area contributed by atoms with Crippen LogP contribution in [-0.4, -0.2) is 30.9 Å². The van der Waals surface area contributed by atoms with Gasteiger partial charge in [0, 0.05) is 29.7 Å². The Balaban J connectivity index is 1.67. The van der Waals surface area contributed by atoms with E-state index in [1.54, 1.807) is 0 Å². The Kier molecular flexibility index (Phi) is 3.75. The lowest BCUT2D eigenvalue weighted by Gasteiger charge is -2.10. The van der Waals surface area contributed by atoms with Crippen molar-refractivity contribution in [2.45, 2.75) is 24.6 Å². The molecule has 108 valence electrons. The molecule has 1 atom stereocenters. The number of H-pyrrole nitrogens is 1. The van der Waals surface area contributed by atoms with E-state index in [9.17, 15) is 8.42 Å². The molecular formula is C14H17ClN2O2S. The van der Waals surface area contributed by atoms with Crippen molar-refractivity contribution in [1.82, 2.24) is 10.3 Å². The van der Waals surface area contributed by atoms with E-state index in [1.807, 2.05) is 24.3 Å². The predicted molar refractivity (Wildman–Crippen MR) is 81.8 cm³/mol. The molecule has 1 aliphatic rings. The molecule has 0 saturated carbocycles. The van der Waals surface area contributed by atoms with Crippen LogP contribution in [0.2, 0.25) is 5.02 Å². The predicted octanol–water partition coefficient (Wildman–Crippen LogP) is 2.49. The lowest BCUT2D eigenvalue weighted by Crippen LogP contribution is -2.30. The maximum Gasteiger partial charge on any atom is 0.154 e. The third-order valence-electron chi connectivity index (χ3n) is 3.85. The van der Waals surface area contributed by atoms with Gasteiger partial charge in [-0.3, -0.25) is 0 Å². The molecule has 1 aromatic heterocycles. The molecule has 6 heteroatoms. The highest BCUT2D eigenvalue weighted by molar-refractivity contribution is 7.92. The second-order valence-corrected chi connectivity index (χ2v) is 8.00. The summed E-state index contributed by atoms with van der Waals surface area (Å²) in [4.78, 5) is 3.27. The van der Waals surface area contributed by atoms with Crippen LogP contribution in [0.1, 0.15) is 18.5 Å². The normalized spacial score (nSPS) is 21.6. The molecule has 3 rings (SSSR count). The van der Waals surface area contributed by atoms with Gasteiger partial charge in [-0.25, -0.2) is 8.42 Å². The van der Waals surface area contributed by atoms with Crippen LogP contribution in [0.5, 0.6) is 0 Å². The molecule has 20 heavy (non-hydrogen) atoms. The van der Waals surface area contributed by atoms with Gasteiger partial charge in [-0.05, 0) is 18.9 Å². The van der Waals surface area contributed by atoms with Gasteiger partial charge in [0.15, 0.2) is 9.84 Å². The Morgan fingerprint density at radius 2 is 2.15 bits per heavy atom. The average molecular weight is 313 g/mol. The molecule has 2 heterocycles. The van der Waals surface area contributed by atoms with Crippen LogP contribution in [0.3, 0.4) is 0 Å². The number of benzene rings is 1. The molecule has 1 fully saturated rings. The molecule has 1 saturated heterocycles. The van der Waals surface area contributed by atoms with Crippen molar-refractivity contribution in [3.8, 4) is 0 Å². The molecule has 1 aliphatic heterocycles. The zero-order valence-corrected chi connectivity index (χ0v) is 12.6. The maximum absolute atomic E-state index is 11.7. The minimum atomic E-state index is -2.88. The molecule has 1 unspecified atom stereocenters. The van der Waals surface area contributed by atoms with Gasteiger partial charge in [0.1, 0.15) is 0 Å². The summed E-state index contributed by atoms with van der Waals surface area (Å²) in [5.41, 5.74) is 1.91. The first-order valence-electron chi connectivity index (χ1n) is 6.75. The van der Waals surface area contributed by atoms with Gasteiger partial charge in [0.25, 0.3) is 0 Å². The average Bonchev–Trinajstić information content (AvgIpc) is 2.92. The van der Waals surface area contributed by atoms with Gasteiger partial charge in [-0.1, -0.05) is 29.8 Å². The van der Waals surface area contributed by atoms with Crippen molar-refractivity contribution >= 4 is 32.3 Å². The van der Waals surface area contributed by atoms with E-state index < -0.39 is 9.84 Å². The summed E-state index contributed by atoms with van der Waals surface area (Å²) in [5.74, 6) is 0.326. The molecule has 0 spiro atoms. The molecule has 2 aromatic rings. The molecular weight excluding hydrogens is 296 g/mol. The third-order valence-corrected chi connectivity index (χ3v) is 6.56. The van der Waals surface area contributed by atoms with Crippen LogP contribution < -0.4 is 5.32 Å². The van der Waals surface area contributed by atoms with Crippen molar-refractivity contribution in [2.75, 3.05) is 12.3 Å². The standard InChI is InChI=1S/C14H17ClN2O2S/c15-14-11-5-1-2-6-12(11)17-13(14)9-16-8-10-4-3-7-20(10,18)19/h1-2,5-6,10,16-17H,3-4,7-9H2. The highest BCUT2D eigenvalue weighted by Gasteiger charge is 2.30. The Bertz CT molecular complexity index is 724. The van der Waals surface area contributed by atoms with Crippen LogP contribution in [0.15, 0.2) is 24.3 Å². The van der Waals surface area contributed by atoms with Gasteiger partial charge < -0.3 is 10.3 Å². The molecule has 1 aromatic carbocycles. The number of fused-ring (bicyclic) bond motifs is 1. The molecule has 2 N–H and O–H groups in total. The summed E-state index contributed by atoms with van der Waals surface area (Å²) in [6.45, 7) is 1.05. The van der Waals surface area contributed by atoms with Crippen LogP contribution in [-0.2, 0) is 16.4 Å². The van der Waals surface area contributed by atoms with E-state index in [1.165, 1.54) is 0 Å². The Hall–Kier alpha value is -1.04. The fraction of sp³-hybridized carbons (Fsp3) is 0.429. The van der Waals surface area contributed by atoms with Crippen LogP contribution >= 0.6 is 11.6 Å². The number of hydrogen-bond donors (Lipinski definition) is 2. The minimum Gasteiger partial charge on any atom is -0.356 e. The van der Waals surface area contributed by atoms with Gasteiger partial charge in [0.05, 0.1) is 16.0 Å². The fourth-order valence-electron chi connectivity index (χ4n) is 2.73. The largest absolute Gasteiger partial charge is 0.356 e. The summed E-state index contributed by atoms with van der Waals surface area (Å²) in [5, 5.41) is 4.67. The van der Waals surface area contributed by atoms with Gasteiger partial charge >= 0.3 is 0 Å². The van der Waals surface area contributed by atoms with E-state index in [4.69, 9.17) is 11.6 Å². The Labute approximate surface area is 123 Å². The highest BCUT2D eigenvalue weighted by atomic mass is 35.5. The summed E-state index contributed by atoms with van der Waals surface area (Å²) in [6, 6.07) is 7.85. The maximum atomic E-state index is 11.7. The van der Waals surface area contributed by atoms with Crippen molar-refractivity contribution < 1.29 is 8.42 Å². The number of aromatic amines is 1. The van der Waals surface area contributed by atoms with Crippen molar-refractivity contribution in [2.24, 2.45) is 0 Å². The first-order chi connectivity index (χ1) is 9.58. The van der Waals surface area contributed by atoms with E-state index in [0.717, 1.165) is 29.4 Å². The number of sulfone groups is 1. The zero-order chi connectivity index (χ0) is 14.2. The van der Waals surface area contributed by atoms with Crippen LogP contribution in [0, 0.1) is 0 Å². The second kappa shape index (κ2) is 5.39. The molecule has 4 nitrogen and oxygen atoms in total. The number of rotatable bonds is 4. The minimum absolute atomic E-state index is 0.245. The smallest absolute Gasteiger partial charge is 0.154 e. The summed E-state index contributed by atoms with van der Waals surface area (Å²) in [6.07, 6.45) is 1.54. The number of halogens is 1. The molecule has 0 amide bonds. The zero-order valence-electron chi connectivity index (χ0n) is 11.0. The fourth-order valence-corrected chi connectivity index (χ4v) is 4.81. The summed E-state index contributed by atoms with van der Waals surface area (Å²) in [7, 11) is -2.88. The van der Waals surface area contributed by atoms with E-state index >= 15 is 0 Å². The summed E-state index contributed by atoms with van der Waals surface area (Å²) < 4.78 is 23.5. The van der Waals surface area contributed by atoms with Gasteiger partial charge in [-0.2, -0.15) is 0 Å². The third kappa shape index (κ3) is 2.57. The number of nitrogens with one attached hydrogen (secondary N) is 2. The van der Waals surface area contributed by atoms with Gasteiger partial charge in [0.2, 0.25) is 0 Å². The van der Waals surface area contributed by atoms with Gasteiger partial charge in [-0.15, -0.1) is 0 Å². The lowest BCUT2D eigenvalue weighted by molar-refractivity contribution is 0.573. The van der Waals surface area contributed by atoms with E-state index in [-0.39, 0.29) is 5.25 Å². The van der Waals surface area contributed by atoms with Crippen molar-refractivity contribution in [3.63, 3.8) is 0 Å². The number of hydrogen-bond acceptors (Lipinski definition) is 3. The van der Waals surface area contributed by atoms with E-state index in [0.29, 0.717) is 23.9 Å². The van der Waals surface area contributed by atoms with E-state index in [2.05, 4.69) is 10.3 Å². The molecule has 0 aliphatic carbocycles. The first kappa shape index (κ1) is 13.9. The van der Waals surface area contributed by atoms with Crippen LogP contribution in [0.4, 0.5) is 0 Å². The monoisotopic (exact) mass is 312 g/mol. The van der Waals surface area contributed by atoms with Crippen molar-refractivity contribution in [3.05, 3.63) is 35.0 Å². The second-order valence-electron chi connectivity index (χ2n) is 5.23. The van der Waals surface area contributed by atoms with Crippen LogP contribution in [0.25, 0.3) is 10.9 Å². The Morgan fingerprint density at radius 3 is 2.85 bits per heavy atom. The quantitative estimate of drug-likeness (QED) is 0.912. The molecule has 0 radical (unpaired) electrons. The molecule has 0 bridgehead atoms. The van der Waals surface area contributed by atoms with Crippen molar-refractivity contribution in [1.29, 1.82) is 0 Å². The Morgan fingerprint density at radius 1 is 1.35 bits per heavy atom. The first-order valence-corrected chi connectivity index (χ1v) is 8.84.